The third-order valence-corrected chi connectivity index (χ3v) is 3.46. The summed E-state index contributed by atoms with van der Waals surface area (Å²) in [5.74, 6) is 2.51. The minimum Gasteiger partial charge on any atom is -0.497 e. The summed E-state index contributed by atoms with van der Waals surface area (Å²) >= 11 is 0. The van der Waals surface area contributed by atoms with Crippen molar-refractivity contribution in [2.75, 3.05) is 14.2 Å². The molecule has 0 unspecified atom stereocenters. The van der Waals surface area contributed by atoms with Crippen LogP contribution in [0, 0.1) is 11.3 Å². The molecule has 0 aliphatic heterocycles. The highest BCUT2D eigenvalue weighted by atomic mass is 16.5. The maximum atomic E-state index is 8.91. The molecule has 1 aromatic heterocycles. The normalized spacial score (nSPS) is 10.1. The van der Waals surface area contributed by atoms with E-state index in [9.17, 15) is 0 Å². The van der Waals surface area contributed by atoms with Gasteiger partial charge in [-0.15, -0.1) is 0 Å². The van der Waals surface area contributed by atoms with Gasteiger partial charge in [0.2, 0.25) is 5.82 Å². The summed E-state index contributed by atoms with van der Waals surface area (Å²) in [7, 11) is 3.12. The van der Waals surface area contributed by atoms with Crippen LogP contribution in [0.2, 0.25) is 0 Å². The lowest BCUT2D eigenvalue weighted by Crippen LogP contribution is -1.98. The first-order valence-electron chi connectivity index (χ1n) is 7.41. The molecule has 0 amide bonds. The highest BCUT2D eigenvalue weighted by Gasteiger charge is 2.11. The zero-order chi connectivity index (χ0) is 17.6. The molecule has 0 fully saturated rings. The van der Waals surface area contributed by atoms with Gasteiger partial charge < -0.3 is 18.7 Å². The largest absolute Gasteiger partial charge is 0.497 e. The molecule has 0 radical (unpaired) electrons. The van der Waals surface area contributed by atoms with Crippen LogP contribution in [0.1, 0.15) is 11.5 Å². The molecule has 7 nitrogen and oxygen atoms in total. The Labute approximate surface area is 144 Å². The number of aromatic nitrogens is 2. The molecule has 0 N–H and O–H groups in total. The zero-order valence-electron chi connectivity index (χ0n) is 13.7. The maximum absolute atomic E-state index is 8.91. The molecule has 0 spiro atoms. The van der Waals surface area contributed by atoms with Crippen molar-refractivity contribution in [2.24, 2.45) is 0 Å². The fourth-order valence-electron chi connectivity index (χ4n) is 2.17. The highest BCUT2D eigenvalue weighted by molar-refractivity contribution is 5.55. The second kappa shape index (κ2) is 7.36. The number of rotatable bonds is 6. The van der Waals surface area contributed by atoms with Gasteiger partial charge in [0.1, 0.15) is 5.75 Å². The van der Waals surface area contributed by atoms with E-state index in [0.29, 0.717) is 28.8 Å². The maximum Gasteiger partial charge on any atom is 0.264 e. The van der Waals surface area contributed by atoms with Crippen LogP contribution in [0.15, 0.2) is 47.0 Å². The Balaban J connectivity index is 1.70. The van der Waals surface area contributed by atoms with Gasteiger partial charge in [-0.1, -0.05) is 5.16 Å². The molecule has 0 aliphatic rings. The number of hydrogen-bond donors (Lipinski definition) is 0. The number of nitrogens with zero attached hydrogens (tertiary/aromatic N) is 3. The zero-order valence-corrected chi connectivity index (χ0v) is 13.7. The Morgan fingerprint density at radius 3 is 2.52 bits per heavy atom. The highest BCUT2D eigenvalue weighted by Crippen LogP contribution is 2.28. The molecule has 0 bridgehead atoms. The van der Waals surface area contributed by atoms with E-state index in [2.05, 4.69) is 10.1 Å². The molecule has 126 valence electrons. The molecular weight excluding hydrogens is 322 g/mol. The van der Waals surface area contributed by atoms with Gasteiger partial charge in [-0.2, -0.15) is 10.2 Å². The molecule has 3 rings (SSSR count). The van der Waals surface area contributed by atoms with Crippen LogP contribution in [-0.4, -0.2) is 24.4 Å². The molecule has 0 saturated heterocycles. The van der Waals surface area contributed by atoms with Crippen molar-refractivity contribution in [3.8, 4) is 34.7 Å². The van der Waals surface area contributed by atoms with Gasteiger partial charge in [0, 0.05) is 11.6 Å². The summed E-state index contributed by atoms with van der Waals surface area (Å²) in [5.41, 5.74) is 1.30. The number of ether oxygens (including phenoxy) is 3. The molecule has 25 heavy (non-hydrogen) atoms. The van der Waals surface area contributed by atoms with Crippen LogP contribution in [0.25, 0.3) is 11.4 Å². The van der Waals surface area contributed by atoms with Gasteiger partial charge in [0.05, 0.1) is 25.9 Å². The van der Waals surface area contributed by atoms with E-state index >= 15 is 0 Å². The fraction of sp³-hybridized carbons (Fsp3) is 0.167. The predicted octanol–water partition coefficient (Wildman–Crippen LogP) is 3.20. The third kappa shape index (κ3) is 3.70. The summed E-state index contributed by atoms with van der Waals surface area (Å²) in [6.07, 6.45) is 0. The predicted molar refractivity (Wildman–Crippen MR) is 88.3 cm³/mol. The first-order chi connectivity index (χ1) is 12.2. The van der Waals surface area contributed by atoms with Crippen molar-refractivity contribution in [2.45, 2.75) is 6.61 Å². The van der Waals surface area contributed by atoms with Crippen molar-refractivity contribution in [1.29, 1.82) is 5.26 Å². The van der Waals surface area contributed by atoms with Gasteiger partial charge in [-0.25, -0.2) is 0 Å². The van der Waals surface area contributed by atoms with Crippen molar-refractivity contribution in [1.82, 2.24) is 10.1 Å². The van der Waals surface area contributed by atoms with Crippen LogP contribution in [0.5, 0.6) is 17.2 Å². The van der Waals surface area contributed by atoms with Crippen LogP contribution in [-0.2, 0) is 6.61 Å². The lowest BCUT2D eigenvalue weighted by atomic mass is 10.2. The van der Waals surface area contributed by atoms with E-state index in [1.54, 1.807) is 25.3 Å². The van der Waals surface area contributed by atoms with Crippen molar-refractivity contribution < 1.29 is 18.7 Å². The minimum absolute atomic E-state index is 0.0887. The van der Waals surface area contributed by atoms with E-state index in [0.717, 1.165) is 11.3 Å². The molecule has 0 atom stereocenters. The fourth-order valence-corrected chi connectivity index (χ4v) is 2.17. The molecule has 3 aromatic rings. The van der Waals surface area contributed by atoms with E-state index in [-0.39, 0.29) is 6.61 Å². The van der Waals surface area contributed by atoms with Gasteiger partial charge in [-0.3, -0.25) is 0 Å². The molecular formula is C18H15N3O4. The smallest absolute Gasteiger partial charge is 0.264 e. The second-order valence-corrected chi connectivity index (χ2v) is 5.01. The summed E-state index contributed by atoms with van der Waals surface area (Å²) in [4.78, 5) is 4.30. The lowest BCUT2D eigenvalue weighted by molar-refractivity contribution is 0.233. The van der Waals surface area contributed by atoms with Gasteiger partial charge in [-0.05, 0) is 36.4 Å². The van der Waals surface area contributed by atoms with Crippen LogP contribution in [0.4, 0.5) is 0 Å². The van der Waals surface area contributed by atoms with Gasteiger partial charge >= 0.3 is 0 Å². The lowest BCUT2D eigenvalue weighted by Gasteiger charge is -2.08. The van der Waals surface area contributed by atoms with E-state index < -0.39 is 0 Å². The summed E-state index contributed by atoms with van der Waals surface area (Å²) in [6, 6.07) is 14.3. The van der Waals surface area contributed by atoms with E-state index in [1.807, 2.05) is 30.3 Å². The topological polar surface area (TPSA) is 90.4 Å². The minimum atomic E-state index is 0.0887. The summed E-state index contributed by atoms with van der Waals surface area (Å²) < 4.78 is 21.2. The van der Waals surface area contributed by atoms with Gasteiger partial charge in [0.15, 0.2) is 18.1 Å². The number of benzene rings is 2. The van der Waals surface area contributed by atoms with Crippen LogP contribution >= 0.6 is 0 Å². The standard InChI is InChI=1S/C18H15N3O4/c1-22-14-6-4-13(5-7-14)18-20-17(25-21-18)11-24-15-8-3-12(10-19)9-16(15)23-2/h3-9H,11H2,1-2H3. The Hall–Kier alpha value is -3.53. The number of hydrogen-bond acceptors (Lipinski definition) is 7. The molecule has 0 aliphatic carbocycles. The summed E-state index contributed by atoms with van der Waals surface area (Å²) in [6.45, 7) is 0.0887. The average Bonchev–Trinajstić information content (AvgIpc) is 3.15. The molecule has 2 aromatic carbocycles. The Bertz CT molecular complexity index is 897. The SMILES string of the molecule is COc1ccc(-c2noc(COc3ccc(C#N)cc3OC)n2)cc1. The van der Waals surface area contributed by atoms with Gasteiger partial charge in [0.25, 0.3) is 5.89 Å². The first kappa shape index (κ1) is 16.3. The quantitative estimate of drug-likeness (QED) is 0.682. The molecule has 7 heteroatoms. The van der Waals surface area contributed by atoms with Crippen molar-refractivity contribution in [3.05, 3.63) is 53.9 Å². The van der Waals surface area contributed by atoms with Crippen molar-refractivity contribution >= 4 is 0 Å². The second-order valence-electron chi connectivity index (χ2n) is 5.01. The first-order valence-corrected chi connectivity index (χ1v) is 7.41. The summed E-state index contributed by atoms with van der Waals surface area (Å²) in [5, 5.41) is 12.9. The van der Waals surface area contributed by atoms with Crippen molar-refractivity contribution in [3.63, 3.8) is 0 Å². The number of methoxy groups -OCH3 is 2. The molecule has 1 heterocycles. The van der Waals surface area contributed by atoms with E-state index in [1.165, 1.54) is 7.11 Å². The Kier molecular flexibility index (Phi) is 4.81. The number of nitriles is 1. The van der Waals surface area contributed by atoms with Crippen LogP contribution < -0.4 is 14.2 Å². The third-order valence-electron chi connectivity index (χ3n) is 3.46. The molecule has 0 saturated carbocycles. The Morgan fingerprint density at radius 1 is 1.04 bits per heavy atom. The Morgan fingerprint density at radius 2 is 1.84 bits per heavy atom. The monoisotopic (exact) mass is 337 g/mol. The average molecular weight is 337 g/mol. The van der Waals surface area contributed by atoms with Crippen LogP contribution in [0.3, 0.4) is 0 Å². The van der Waals surface area contributed by atoms with E-state index in [4.69, 9.17) is 24.0 Å².